The molecule has 0 radical (unpaired) electrons. The minimum Gasteiger partial charge on any atom is -0.392 e. The molecule has 2 nitrogen and oxygen atoms in total. The topological polar surface area (TPSA) is 25.2 Å². The zero-order chi connectivity index (χ0) is 10.8. The number of aryl methyl sites for hydroxylation is 1. The van der Waals surface area contributed by atoms with Crippen LogP contribution >= 0.6 is 0 Å². The molecule has 0 aliphatic heterocycles. The number of hydrogen-bond acceptors (Lipinski definition) is 1. The summed E-state index contributed by atoms with van der Waals surface area (Å²) in [7, 11) is 2.04. The molecule has 1 aromatic carbocycles. The van der Waals surface area contributed by atoms with Crippen LogP contribution in [0.15, 0.2) is 36.0 Å². The van der Waals surface area contributed by atoms with Crippen molar-refractivity contribution in [3.8, 4) is 0 Å². The van der Waals surface area contributed by atoms with E-state index in [-0.39, 0.29) is 6.61 Å². The SMILES string of the molecule is C/C(=C/c1cn(C)c2ccccc12)CO. The van der Waals surface area contributed by atoms with Crippen LogP contribution in [0.5, 0.6) is 0 Å². The average Bonchev–Trinajstić information content (AvgIpc) is 2.57. The van der Waals surface area contributed by atoms with Gasteiger partial charge in [0.05, 0.1) is 6.61 Å². The third-order valence-electron chi connectivity index (χ3n) is 2.58. The Bertz CT molecular complexity index is 508. The molecule has 0 atom stereocenters. The molecule has 15 heavy (non-hydrogen) atoms. The van der Waals surface area contributed by atoms with Crippen LogP contribution < -0.4 is 0 Å². The summed E-state index contributed by atoms with van der Waals surface area (Å²) in [6.45, 7) is 2.05. The maximum absolute atomic E-state index is 9.00. The second kappa shape index (κ2) is 3.91. The van der Waals surface area contributed by atoms with Crippen LogP contribution in [0.3, 0.4) is 0 Å². The Morgan fingerprint density at radius 1 is 1.40 bits per heavy atom. The molecule has 0 amide bonds. The van der Waals surface area contributed by atoms with Gasteiger partial charge < -0.3 is 9.67 Å². The summed E-state index contributed by atoms with van der Waals surface area (Å²) in [5.74, 6) is 0. The summed E-state index contributed by atoms with van der Waals surface area (Å²) in [5, 5.41) is 10.2. The lowest BCUT2D eigenvalue weighted by Crippen LogP contribution is -1.83. The van der Waals surface area contributed by atoms with Gasteiger partial charge in [-0.05, 0) is 24.1 Å². The Morgan fingerprint density at radius 2 is 2.13 bits per heavy atom. The minimum absolute atomic E-state index is 0.114. The zero-order valence-electron chi connectivity index (χ0n) is 9.07. The van der Waals surface area contributed by atoms with Gasteiger partial charge in [0.15, 0.2) is 0 Å². The van der Waals surface area contributed by atoms with E-state index in [1.165, 1.54) is 16.5 Å². The number of rotatable bonds is 2. The predicted molar refractivity (Wildman–Crippen MR) is 63.7 cm³/mol. The summed E-state index contributed by atoms with van der Waals surface area (Å²) in [4.78, 5) is 0. The Labute approximate surface area is 89.5 Å². The van der Waals surface area contributed by atoms with Crippen molar-refractivity contribution in [1.82, 2.24) is 4.57 Å². The molecule has 0 unspecified atom stereocenters. The lowest BCUT2D eigenvalue weighted by Gasteiger charge is -1.94. The highest BCUT2D eigenvalue weighted by Crippen LogP contribution is 2.22. The Hall–Kier alpha value is -1.54. The summed E-state index contributed by atoms with van der Waals surface area (Å²) < 4.78 is 2.10. The number of para-hydroxylation sites is 1. The molecule has 0 spiro atoms. The van der Waals surface area contributed by atoms with Gasteiger partial charge in [0.1, 0.15) is 0 Å². The van der Waals surface area contributed by atoms with Crippen molar-refractivity contribution in [2.75, 3.05) is 6.61 Å². The second-order valence-corrected chi connectivity index (χ2v) is 3.86. The average molecular weight is 201 g/mol. The van der Waals surface area contributed by atoms with Gasteiger partial charge in [-0.1, -0.05) is 24.3 Å². The number of aliphatic hydroxyl groups excluding tert-OH is 1. The van der Waals surface area contributed by atoms with Gasteiger partial charge in [-0.2, -0.15) is 0 Å². The fourth-order valence-electron chi connectivity index (χ4n) is 1.80. The van der Waals surface area contributed by atoms with Crippen LogP contribution in [0.2, 0.25) is 0 Å². The second-order valence-electron chi connectivity index (χ2n) is 3.86. The van der Waals surface area contributed by atoms with Crippen LogP contribution in [-0.4, -0.2) is 16.3 Å². The van der Waals surface area contributed by atoms with Crippen molar-refractivity contribution in [2.45, 2.75) is 6.92 Å². The summed E-state index contributed by atoms with van der Waals surface area (Å²) >= 11 is 0. The first-order valence-electron chi connectivity index (χ1n) is 5.04. The van der Waals surface area contributed by atoms with Crippen LogP contribution in [0.25, 0.3) is 17.0 Å². The molecule has 78 valence electrons. The number of nitrogens with zero attached hydrogens (tertiary/aromatic N) is 1. The Balaban J connectivity index is 2.62. The monoisotopic (exact) mass is 201 g/mol. The lowest BCUT2D eigenvalue weighted by atomic mass is 10.1. The summed E-state index contributed by atoms with van der Waals surface area (Å²) in [5.41, 5.74) is 3.36. The summed E-state index contributed by atoms with van der Waals surface area (Å²) in [6.07, 6.45) is 4.12. The van der Waals surface area contributed by atoms with Gasteiger partial charge in [-0.15, -0.1) is 0 Å². The van der Waals surface area contributed by atoms with Crippen molar-refractivity contribution in [1.29, 1.82) is 0 Å². The van der Waals surface area contributed by atoms with Crippen LogP contribution in [0.1, 0.15) is 12.5 Å². The third kappa shape index (κ3) is 1.81. The van der Waals surface area contributed by atoms with Crippen molar-refractivity contribution in [3.63, 3.8) is 0 Å². The van der Waals surface area contributed by atoms with E-state index in [0.717, 1.165) is 5.57 Å². The highest BCUT2D eigenvalue weighted by molar-refractivity contribution is 5.89. The molecule has 0 saturated heterocycles. The highest BCUT2D eigenvalue weighted by Gasteiger charge is 2.02. The normalized spacial score (nSPS) is 12.3. The van der Waals surface area contributed by atoms with Crippen molar-refractivity contribution in [2.24, 2.45) is 7.05 Å². The zero-order valence-corrected chi connectivity index (χ0v) is 9.07. The number of hydrogen-bond donors (Lipinski definition) is 1. The van der Waals surface area contributed by atoms with Crippen LogP contribution in [0.4, 0.5) is 0 Å². The molecule has 1 aromatic heterocycles. The van der Waals surface area contributed by atoms with Crippen LogP contribution in [-0.2, 0) is 7.05 Å². The molecular formula is C13H15NO. The van der Waals surface area contributed by atoms with E-state index >= 15 is 0 Å². The van der Waals surface area contributed by atoms with Gasteiger partial charge in [0, 0.05) is 24.1 Å². The minimum atomic E-state index is 0.114. The third-order valence-corrected chi connectivity index (χ3v) is 2.58. The maximum atomic E-state index is 9.00. The first-order chi connectivity index (χ1) is 7.22. The molecule has 0 aliphatic rings. The van der Waals surface area contributed by atoms with E-state index in [2.05, 4.69) is 22.9 Å². The van der Waals surface area contributed by atoms with Gasteiger partial charge in [-0.25, -0.2) is 0 Å². The number of benzene rings is 1. The van der Waals surface area contributed by atoms with Crippen molar-refractivity contribution in [3.05, 3.63) is 41.6 Å². The molecule has 1 heterocycles. The predicted octanol–water partition coefficient (Wildman–Crippen LogP) is 2.57. The van der Waals surface area contributed by atoms with E-state index in [1.807, 2.05) is 32.2 Å². The van der Waals surface area contributed by atoms with Crippen molar-refractivity contribution < 1.29 is 5.11 Å². The molecule has 2 aromatic rings. The molecule has 2 heteroatoms. The smallest absolute Gasteiger partial charge is 0.0642 e. The standard InChI is InChI=1S/C13H15NO/c1-10(9-15)7-11-8-14(2)13-6-4-3-5-12(11)13/h3-8,15H,9H2,1-2H3/b10-7-. The van der Waals surface area contributed by atoms with E-state index in [1.54, 1.807) is 0 Å². The molecule has 0 aliphatic carbocycles. The fourth-order valence-corrected chi connectivity index (χ4v) is 1.80. The fraction of sp³-hybridized carbons (Fsp3) is 0.231. The quantitative estimate of drug-likeness (QED) is 0.793. The molecule has 0 saturated carbocycles. The Kier molecular flexibility index (Phi) is 2.60. The molecular weight excluding hydrogens is 186 g/mol. The lowest BCUT2D eigenvalue weighted by molar-refractivity contribution is 0.332. The molecule has 2 rings (SSSR count). The van der Waals surface area contributed by atoms with E-state index in [9.17, 15) is 0 Å². The first-order valence-corrected chi connectivity index (χ1v) is 5.04. The number of fused-ring (bicyclic) bond motifs is 1. The largest absolute Gasteiger partial charge is 0.392 e. The van der Waals surface area contributed by atoms with Crippen LogP contribution in [0, 0.1) is 0 Å². The first kappa shape index (κ1) is 9.99. The maximum Gasteiger partial charge on any atom is 0.0642 e. The number of aromatic nitrogens is 1. The molecule has 1 N–H and O–H groups in total. The highest BCUT2D eigenvalue weighted by atomic mass is 16.3. The van der Waals surface area contributed by atoms with Gasteiger partial charge >= 0.3 is 0 Å². The van der Waals surface area contributed by atoms with Gasteiger partial charge in [0.2, 0.25) is 0 Å². The molecule has 0 bridgehead atoms. The van der Waals surface area contributed by atoms with Crippen molar-refractivity contribution >= 4 is 17.0 Å². The number of aliphatic hydroxyl groups is 1. The van der Waals surface area contributed by atoms with E-state index in [0.29, 0.717) is 0 Å². The summed E-state index contributed by atoms with van der Waals surface area (Å²) in [6, 6.07) is 8.27. The van der Waals surface area contributed by atoms with Gasteiger partial charge in [-0.3, -0.25) is 0 Å². The Morgan fingerprint density at radius 3 is 2.87 bits per heavy atom. The van der Waals surface area contributed by atoms with E-state index in [4.69, 9.17) is 5.11 Å². The van der Waals surface area contributed by atoms with E-state index < -0.39 is 0 Å². The van der Waals surface area contributed by atoms with Gasteiger partial charge in [0.25, 0.3) is 0 Å². The molecule has 0 fully saturated rings.